The number of methoxy groups -OCH3 is 2. The summed E-state index contributed by atoms with van der Waals surface area (Å²) >= 11 is 0. The van der Waals surface area contributed by atoms with Gasteiger partial charge in [-0.3, -0.25) is 28.9 Å². The Balaban J connectivity index is 0.000000234. The first-order valence-electron chi connectivity index (χ1n) is 35.2. The lowest BCUT2D eigenvalue weighted by atomic mass is 9.45. The van der Waals surface area contributed by atoms with Crippen LogP contribution in [0.3, 0.4) is 0 Å². The molecule has 6 saturated carbocycles. The number of hydrogen-bond donors (Lipinski definition) is 8. The van der Waals surface area contributed by atoms with E-state index in [4.69, 9.17) is 23.9 Å². The molecule has 17 atom stereocenters. The highest BCUT2D eigenvalue weighted by atomic mass is 16.7. The van der Waals surface area contributed by atoms with Gasteiger partial charge in [0.1, 0.15) is 41.8 Å². The molecule has 6 aliphatic carbocycles. The number of para-hydroxylation sites is 2. The van der Waals surface area contributed by atoms with Crippen LogP contribution in [-0.4, -0.2) is 210 Å². The summed E-state index contributed by atoms with van der Waals surface area (Å²) in [4.78, 5) is 85.3. The van der Waals surface area contributed by atoms with E-state index in [1.54, 1.807) is 55.2 Å². The van der Waals surface area contributed by atoms with Gasteiger partial charge in [0, 0.05) is 110 Å². The average Bonchev–Trinajstić information content (AvgIpc) is 1.18. The molecular weight excluding hydrogens is 1260 g/mol. The van der Waals surface area contributed by atoms with Crippen LogP contribution in [-0.2, 0) is 41.9 Å². The molecule has 0 spiro atoms. The van der Waals surface area contributed by atoms with Crippen LogP contribution < -0.4 is 40.5 Å². The van der Waals surface area contributed by atoms with E-state index in [1.807, 2.05) is 120 Å². The molecule has 4 aromatic rings. The Labute approximate surface area is 585 Å². The fourth-order valence-electron chi connectivity index (χ4n) is 17.1. The van der Waals surface area contributed by atoms with Gasteiger partial charge >= 0.3 is 5.97 Å². The number of carbonyl (C=O) groups is 5. The molecule has 4 aromatic carbocycles. The number of hydrogen-bond acceptors (Lipinski definition) is 19. The lowest BCUT2D eigenvalue weighted by molar-refractivity contribution is -0.183. The van der Waals surface area contributed by atoms with Crippen LogP contribution in [0.25, 0.3) is 22.3 Å². The van der Waals surface area contributed by atoms with Gasteiger partial charge in [-0.05, 0) is 154 Å². The molecule has 8 fully saturated rings. The lowest BCUT2D eigenvalue weighted by Crippen LogP contribution is -2.62. The zero-order valence-electron chi connectivity index (χ0n) is 61.4. The smallest absolute Gasteiger partial charge is 0.329 e. The number of fused-ring (bicyclic) bond motifs is 4. The average molecular weight is 1370 g/mol. The Morgan fingerprint density at radius 1 is 0.636 bits per heavy atom. The largest absolute Gasteiger partial charge is 0.496 e. The zero-order chi connectivity index (χ0) is 72.4. The molecule has 2 saturated heterocycles. The summed E-state index contributed by atoms with van der Waals surface area (Å²) in [5.41, 5.74) is 7.55. The first-order chi connectivity index (χ1) is 46.8. The summed E-state index contributed by atoms with van der Waals surface area (Å²) in [6.45, 7) is 19.2. The number of anilines is 2. The van der Waals surface area contributed by atoms with Crippen molar-refractivity contribution >= 4 is 41.0 Å². The second-order valence-electron chi connectivity index (χ2n) is 30.4. The first-order valence-corrected chi connectivity index (χ1v) is 35.2. The third-order valence-corrected chi connectivity index (χ3v) is 23.0. The van der Waals surface area contributed by atoms with E-state index in [2.05, 4.69) is 62.8 Å². The van der Waals surface area contributed by atoms with Gasteiger partial charge < -0.3 is 70.6 Å². The number of nitrogens with one attached hydrogen (secondary N) is 4. The third kappa shape index (κ3) is 15.8. The third-order valence-electron chi connectivity index (χ3n) is 23.0. The Hall–Kier alpha value is -6.93. The Bertz CT molecular complexity index is 3520. The molecule has 12 rings (SSSR count). The SMILES string of the molecule is CCOc1c(CN2O[C@@H](CO)[C@H]([C@H](C)O)[C@H]2C(=O)N[C@H]2C[C@H]3C[C@@H]([C@@H]2C)C3(C)C)cccc1-c1cc(C(=O)NC)cc(N(C)C)c1.COC(=O)[C@@H](CN(C)C)NC(=O)c1cc(-c2cccc(CN3O[C@@H](CO)[C@@H]([C@H](C)O)[C@H]3C(=O)N[C@H]3C[C@H]4C[C@@H]([C@@H]3C)C4(C)C)c2OC)cc(N(C)C)c1. The molecular formula is C76H111N9O14. The number of benzene rings is 4. The normalized spacial score (nSPS) is 28.2. The van der Waals surface area contributed by atoms with E-state index >= 15 is 0 Å². The number of aliphatic hydroxyl groups excluding tert-OH is 4. The summed E-state index contributed by atoms with van der Waals surface area (Å²) in [6.07, 6.45) is 0.914. The number of amides is 4. The molecule has 4 bridgehead atoms. The number of hydroxylamine groups is 4. The Morgan fingerprint density at radius 3 is 1.43 bits per heavy atom. The molecule has 0 unspecified atom stereocenters. The predicted octanol–water partition coefficient (Wildman–Crippen LogP) is 6.76. The highest BCUT2D eigenvalue weighted by Gasteiger charge is 2.59. The van der Waals surface area contributed by atoms with Crippen LogP contribution >= 0.6 is 0 Å². The molecule has 2 aliphatic heterocycles. The standard InChI is InChI=1S/C40H59N5O8.C36H52N4O6/c1-22-30-17-27(40(30,3)4)18-31(22)41-38(49)35-34(23(2)47)33(21-46)53-45(35)19-24-12-11-13-29(36(24)51-9)25-14-26(16-28(15-25)44(7)8)37(48)42-32(20-43(5)6)39(50)52-10;1-9-45-33-22(11-10-12-27(33)23-13-24(34(43)37-6)15-26(14-23)39(7)8)18-40-32(31(21(3)42)30(19-41)46-40)35(44)38-29-17-25-16-28(20(29)2)36(25,4)5/h11-16,22-23,27,30-35,46-47H,17-21H2,1-10H3,(H,41,49)(H,42,48);10-15,20-21,25,28-32,41-42H,9,16-19H2,1-8H3,(H,37,43)(H,38,44)/t22-,23-,27+,30-,31-,32+,33-,34+,35-;20-,21-,25+,28-,29-,30-,31-,32-/m00/s1. The maximum absolute atomic E-state index is 14.2. The molecule has 23 heteroatoms. The van der Waals surface area contributed by atoms with Gasteiger partial charge in [-0.1, -0.05) is 77.9 Å². The predicted molar refractivity (Wildman–Crippen MR) is 380 cm³/mol. The van der Waals surface area contributed by atoms with Crippen molar-refractivity contribution in [2.75, 3.05) is 99.7 Å². The molecule has 2 heterocycles. The van der Waals surface area contributed by atoms with Gasteiger partial charge in [0.25, 0.3) is 11.8 Å². The summed E-state index contributed by atoms with van der Waals surface area (Å²) in [5, 5.41) is 57.8. The second-order valence-corrected chi connectivity index (χ2v) is 30.4. The Morgan fingerprint density at radius 2 is 1.07 bits per heavy atom. The maximum atomic E-state index is 14.2. The highest BCUT2D eigenvalue weighted by molar-refractivity contribution is 5.99. The van der Waals surface area contributed by atoms with Crippen molar-refractivity contribution in [2.24, 2.45) is 58.2 Å². The molecule has 8 aliphatic rings. The van der Waals surface area contributed by atoms with Gasteiger partial charge in [-0.25, -0.2) is 4.79 Å². The number of ether oxygens (including phenoxy) is 3. The summed E-state index contributed by atoms with van der Waals surface area (Å²) in [7, 11) is 15.7. The lowest BCUT2D eigenvalue weighted by Gasteiger charge is -2.62. The number of nitrogens with zero attached hydrogens (tertiary/aromatic N) is 5. The molecule has 8 N–H and O–H groups in total. The molecule has 23 nitrogen and oxygen atoms in total. The highest BCUT2D eigenvalue weighted by Crippen LogP contribution is 2.62. The number of likely N-dealkylation sites (N-methyl/N-ethyl adjacent to an activating group) is 1. The van der Waals surface area contributed by atoms with Crippen LogP contribution in [0, 0.1) is 58.2 Å². The van der Waals surface area contributed by atoms with E-state index in [-0.39, 0.29) is 68.1 Å². The van der Waals surface area contributed by atoms with Crippen molar-refractivity contribution in [3.63, 3.8) is 0 Å². The maximum Gasteiger partial charge on any atom is 0.329 e. The molecule has 4 amide bonds. The van der Waals surface area contributed by atoms with E-state index in [0.717, 1.165) is 40.9 Å². The van der Waals surface area contributed by atoms with Crippen molar-refractivity contribution in [2.45, 2.75) is 156 Å². The number of carbonyl (C=O) groups excluding carboxylic acids is 5. The topological polar surface area (TPSA) is 277 Å². The molecule has 99 heavy (non-hydrogen) atoms. The first kappa shape index (κ1) is 76.3. The van der Waals surface area contributed by atoms with Gasteiger partial charge in [0.15, 0.2) is 0 Å². The van der Waals surface area contributed by atoms with E-state index in [9.17, 15) is 44.4 Å². The fraction of sp³-hybridized carbons (Fsp3) is 0.618. The van der Waals surface area contributed by atoms with Crippen molar-refractivity contribution in [3.05, 3.63) is 95.1 Å². The molecule has 0 aromatic heterocycles. The summed E-state index contributed by atoms with van der Waals surface area (Å²) < 4.78 is 17.2. The van der Waals surface area contributed by atoms with Gasteiger partial charge in [0.2, 0.25) is 11.8 Å². The van der Waals surface area contributed by atoms with Crippen LogP contribution in [0.5, 0.6) is 11.5 Å². The number of esters is 1. The van der Waals surface area contributed by atoms with Crippen LogP contribution in [0.15, 0.2) is 72.8 Å². The summed E-state index contributed by atoms with van der Waals surface area (Å²) in [5.74, 6) is 1.15. The minimum atomic E-state index is -0.924. The van der Waals surface area contributed by atoms with E-state index < -0.39 is 66.3 Å². The van der Waals surface area contributed by atoms with Gasteiger partial charge in [-0.15, -0.1) is 0 Å². The summed E-state index contributed by atoms with van der Waals surface area (Å²) in [6, 6.07) is 20.1. The van der Waals surface area contributed by atoms with Gasteiger partial charge in [-0.2, -0.15) is 10.1 Å². The minimum Gasteiger partial charge on any atom is -0.496 e. The fourth-order valence-corrected chi connectivity index (χ4v) is 17.1. The van der Waals surface area contributed by atoms with Crippen molar-refractivity contribution in [3.8, 4) is 33.8 Å². The van der Waals surface area contributed by atoms with Crippen LogP contribution in [0.4, 0.5) is 11.4 Å². The minimum absolute atomic E-state index is 0.0166. The monoisotopic (exact) mass is 1370 g/mol. The molecule has 544 valence electrons. The van der Waals surface area contributed by atoms with Crippen LogP contribution in [0.1, 0.15) is 120 Å². The van der Waals surface area contributed by atoms with Crippen molar-refractivity contribution in [1.29, 1.82) is 0 Å². The number of aliphatic hydroxyl groups is 4. The number of rotatable bonds is 25. The van der Waals surface area contributed by atoms with E-state index in [1.165, 1.54) is 20.0 Å². The van der Waals surface area contributed by atoms with Crippen molar-refractivity contribution in [1.82, 2.24) is 36.3 Å². The zero-order valence-corrected chi connectivity index (χ0v) is 61.4. The van der Waals surface area contributed by atoms with Crippen molar-refractivity contribution < 1.29 is 68.3 Å². The van der Waals surface area contributed by atoms with E-state index in [0.29, 0.717) is 86.8 Å². The van der Waals surface area contributed by atoms with Gasteiger partial charge in [0.05, 0.1) is 59.3 Å². The quantitative estimate of drug-likeness (QED) is 0.0318. The second kappa shape index (κ2) is 31.5. The molecule has 0 radical (unpaired) electrons. The van der Waals surface area contributed by atoms with Crippen LogP contribution in [0.2, 0.25) is 0 Å². The Kier molecular flexibility index (Phi) is 24.3.